The molecule has 0 radical (unpaired) electrons. The van der Waals surface area contributed by atoms with Crippen LogP contribution in [0.2, 0.25) is 0 Å². The summed E-state index contributed by atoms with van der Waals surface area (Å²) in [5, 5.41) is 16.6. The Morgan fingerprint density at radius 2 is 1.44 bits per heavy atom. The van der Waals surface area contributed by atoms with Crippen molar-refractivity contribution in [2.75, 3.05) is 10.6 Å². The van der Waals surface area contributed by atoms with Gasteiger partial charge in [0.1, 0.15) is 0 Å². The molecule has 1 heterocycles. The van der Waals surface area contributed by atoms with Gasteiger partial charge in [-0.15, -0.1) is 10.2 Å². The lowest BCUT2D eigenvalue weighted by Crippen LogP contribution is -2.34. The van der Waals surface area contributed by atoms with E-state index in [9.17, 15) is 9.59 Å². The van der Waals surface area contributed by atoms with Crippen molar-refractivity contribution in [1.29, 1.82) is 0 Å². The maximum absolute atomic E-state index is 12.8. The molecule has 0 saturated carbocycles. The third-order valence-corrected chi connectivity index (χ3v) is 4.93. The molecule has 1 aromatic heterocycles. The third-order valence-electron chi connectivity index (χ3n) is 4.93. The summed E-state index contributed by atoms with van der Waals surface area (Å²) in [6.07, 6.45) is 0. The summed E-state index contributed by atoms with van der Waals surface area (Å²) in [6.45, 7) is 5.74. The first-order valence-corrected chi connectivity index (χ1v) is 10.9. The number of nitrogens with zero attached hydrogens (tertiary/aromatic N) is 2. The van der Waals surface area contributed by atoms with E-state index in [-0.39, 0.29) is 18.0 Å². The SMILES string of the molecule is Cc1cccc(-c2nnc(-c3ccc(C(=O)Nc4ccccc4NC(=O)NC(C)C)cc3)o2)c1. The van der Waals surface area contributed by atoms with Crippen LogP contribution in [0.15, 0.2) is 77.2 Å². The van der Waals surface area contributed by atoms with Gasteiger partial charge in [0.2, 0.25) is 11.8 Å². The number of amides is 3. The van der Waals surface area contributed by atoms with E-state index in [1.54, 1.807) is 48.5 Å². The lowest BCUT2D eigenvalue weighted by molar-refractivity contribution is 0.102. The van der Waals surface area contributed by atoms with E-state index in [2.05, 4.69) is 26.1 Å². The molecule has 3 amide bonds. The number of carbonyl (C=O) groups excluding carboxylic acids is 2. The molecule has 0 unspecified atom stereocenters. The number of anilines is 2. The van der Waals surface area contributed by atoms with Crippen molar-refractivity contribution in [1.82, 2.24) is 15.5 Å². The number of para-hydroxylation sites is 2. The smallest absolute Gasteiger partial charge is 0.319 e. The molecule has 0 atom stereocenters. The molecular formula is C26H25N5O3. The number of carbonyl (C=O) groups is 2. The minimum Gasteiger partial charge on any atom is -0.416 e. The number of urea groups is 1. The fourth-order valence-electron chi connectivity index (χ4n) is 3.32. The lowest BCUT2D eigenvalue weighted by atomic mass is 10.1. The third kappa shape index (κ3) is 5.47. The Morgan fingerprint density at radius 3 is 2.09 bits per heavy atom. The van der Waals surface area contributed by atoms with E-state index in [0.717, 1.165) is 11.1 Å². The van der Waals surface area contributed by atoms with Crippen molar-refractivity contribution in [3.63, 3.8) is 0 Å². The minimum atomic E-state index is -0.342. The molecule has 0 bridgehead atoms. The Bertz CT molecular complexity index is 1310. The quantitative estimate of drug-likeness (QED) is 0.356. The Hall–Kier alpha value is -4.46. The van der Waals surface area contributed by atoms with Crippen LogP contribution in [0, 0.1) is 6.92 Å². The highest BCUT2D eigenvalue weighted by atomic mass is 16.4. The van der Waals surface area contributed by atoms with E-state index in [1.807, 2.05) is 45.0 Å². The van der Waals surface area contributed by atoms with Crippen LogP contribution in [0.25, 0.3) is 22.9 Å². The van der Waals surface area contributed by atoms with E-state index < -0.39 is 0 Å². The van der Waals surface area contributed by atoms with Crippen LogP contribution in [0.1, 0.15) is 29.8 Å². The molecule has 8 nitrogen and oxygen atoms in total. The van der Waals surface area contributed by atoms with E-state index in [0.29, 0.717) is 34.3 Å². The van der Waals surface area contributed by atoms with Crippen LogP contribution in [-0.2, 0) is 0 Å². The molecule has 8 heteroatoms. The average molecular weight is 456 g/mol. The first kappa shape index (κ1) is 22.7. The fraction of sp³-hybridized carbons (Fsp3) is 0.154. The zero-order chi connectivity index (χ0) is 24.1. The van der Waals surface area contributed by atoms with Gasteiger partial charge in [-0.05, 0) is 69.3 Å². The number of aromatic nitrogens is 2. The monoisotopic (exact) mass is 455 g/mol. The van der Waals surface area contributed by atoms with Crippen molar-refractivity contribution in [2.45, 2.75) is 26.8 Å². The van der Waals surface area contributed by atoms with Crippen LogP contribution in [0.3, 0.4) is 0 Å². The number of aryl methyl sites for hydroxylation is 1. The van der Waals surface area contributed by atoms with Crippen LogP contribution in [0.4, 0.5) is 16.2 Å². The van der Waals surface area contributed by atoms with Crippen LogP contribution >= 0.6 is 0 Å². The molecule has 3 aromatic carbocycles. The van der Waals surface area contributed by atoms with Crippen molar-refractivity contribution in [2.24, 2.45) is 0 Å². The highest BCUT2D eigenvalue weighted by molar-refractivity contribution is 6.07. The molecule has 0 spiro atoms. The predicted octanol–water partition coefficient (Wildman–Crippen LogP) is 5.49. The summed E-state index contributed by atoms with van der Waals surface area (Å²) >= 11 is 0. The summed E-state index contributed by atoms with van der Waals surface area (Å²) < 4.78 is 5.82. The van der Waals surface area contributed by atoms with Gasteiger partial charge in [-0.3, -0.25) is 4.79 Å². The molecule has 34 heavy (non-hydrogen) atoms. The summed E-state index contributed by atoms with van der Waals surface area (Å²) in [5.74, 6) is 0.497. The van der Waals surface area contributed by atoms with Gasteiger partial charge < -0.3 is 20.4 Å². The number of rotatable bonds is 6. The van der Waals surface area contributed by atoms with Crippen molar-refractivity contribution in [3.8, 4) is 22.9 Å². The summed E-state index contributed by atoms with van der Waals surface area (Å²) in [4.78, 5) is 24.9. The van der Waals surface area contributed by atoms with Gasteiger partial charge in [0.25, 0.3) is 5.91 Å². The molecule has 0 saturated heterocycles. The Kier molecular flexibility index (Phi) is 6.68. The Labute approximate surface area is 197 Å². The second-order valence-electron chi connectivity index (χ2n) is 8.11. The molecule has 172 valence electrons. The van der Waals surface area contributed by atoms with Gasteiger partial charge in [-0.1, -0.05) is 29.8 Å². The van der Waals surface area contributed by atoms with E-state index in [1.165, 1.54) is 0 Å². The first-order chi connectivity index (χ1) is 16.4. The first-order valence-electron chi connectivity index (χ1n) is 10.9. The minimum absolute atomic E-state index is 0.00740. The molecule has 0 aliphatic carbocycles. The highest BCUT2D eigenvalue weighted by Crippen LogP contribution is 2.26. The van der Waals surface area contributed by atoms with Crippen LogP contribution in [-0.4, -0.2) is 28.2 Å². The Morgan fingerprint density at radius 1 is 0.794 bits per heavy atom. The maximum atomic E-state index is 12.8. The standard InChI is InChI=1S/C26H25N5O3/c1-16(2)27-26(33)29-22-10-5-4-9-21(22)28-23(32)18-11-13-19(14-12-18)24-30-31-25(34-24)20-8-6-7-17(3)15-20/h4-16H,1-3H3,(H,28,32)(H2,27,29,33). The second-order valence-corrected chi connectivity index (χ2v) is 8.11. The normalized spacial score (nSPS) is 10.7. The predicted molar refractivity (Wildman–Crippen MR) is 132 cm³/mol. The summed E-state index contributed by atoms with van der Waals surface area (Å²) in [7, 11) is 0. The van der Waals surface area contributed by atoms with Crippen molar-refractivity contribution < 1.29 is 14.0 Å². The molecule has 4 rings (SSSR count). The summed E-state index contributed by atoms with van der Waals surface area (Å²) in [5.41, 5.74) is 4.10. The number of hydrogen-bond donors (Lipinski definition) is 3. The fourth-order valence-corrected chi connectivity index (χ4v) is 3.32. The lowest BCUT2D eigenvalue weighted by Gasteiger charge is -2.14. The van der Waals surface area contributed by atoms with E-state index >= 15 is 0 Å². The largest absolute Gasteiger partial charge is 0.416 e. The van der Waals surface area contributed by atoms with Crippen LogP contribution in [0.5, 0.6) is 0 Å². The highest BCUT2D eigenvalue weighted by Gasteiger charge is 2.14. The van der Waals surface area contributed by atoms with E-state index in [4.69, 9.17) is 4.42 Å². The molecule has 0 fully saturated rings. The molecular weight excluding hydrogens is 430 g/mol. The van der Waals surface area contributed by atoms with Gasteiger partial charge in [0.05, 0.1) is 11.4 Å². The average Bonchev–Trinajstić information content (AvgIpc) is 3.30. The van der Waals surface area contributed by atoms with Crippen molar-refractivity contribution in [3.05, 3.63) is 83.9 Å². The van der Waals surface area contributed by atoms with Gasteiger partial charge >= 0.3 is 6.03 Å². The molecule has 0 aliphatic heterocycles. The maximum Gasteiger partial charge on any atom is 0.319 e. The summed E-state index contributed by atoms with van der Waals surface area (Å²) in [6, 6.07) is 21.4. The molecule has 4 aromatic rings. The van der Waals surface area contributed by atoms with Gasteiger partial charge in [-0.2, -0.15) is 0 Å². The zero-order valence-electron chi connectivity index (χ0n) is 19.1. The number of benzene rings is 3. The number of nitrogens with one attached hydrogen (secondary N) is 3. The zero-order valence-corrected chi connectivity index (χ0v) is 19.1. The van der Waals surface area contributed by atoms with Crippen molar-refractivity contribution >= 4 is 23.3 Å². The van der Waals surface area contributed by atoms with Gasteiger partial charge in [-0.25, -0.2) is 4.79 Å². The second kappa shape index (κ2) is 9.99. The van der Waals surface area contributed by atoms with Gasteiger partial charge in [0.15, 0.2) is 0 Å². The molecule has 3 N–H and O–H groups in total. The molecule has 0 aliphatic rings. The Balaban J connectivity index is 1.46. The topological polar surface area (TPSA) is 109 Å². The van der Waals surface area contributed by atoms with Crippen LogP contribution < -0.4 is 16.0 Å². The van der Waals surface area contributed by atoms with Gasteiger partial charge in [0, 0.05) is 22.7 Å². The number of hydrogen-bond acceptors (Lipinski definition) is 5.